The van der Waals surface area contributed by atoms with Crippen LogP contribution in [-0.4, -0.2) is 15.0 Å². The molecule has 0 aromatic carbocycles. The van der Waals surface area contributed by atoms with Gasteiger partial charge in [0, 0.05) is 24.0 Å². The van der Waals surface area contributed by atoms with Crippen molar-refractivity contribution in [1.29, 1.82) is 0 Å². The van der Waals surface area contributed by atoms with Crippen LogP contribution in [0, 0.1) is 0 Å². The van der Waals surface area contributed by atoms with Crippen molar-refractivity contribution in [2.24, 2.45) is 0 Å². The molecule has 2 aromatic heterocycles. The molecule has 0 fully saturated rings. The third-order valence-corrected chi connectivity index (χ3v) is 2.15. The molecule has 5 heteroatoms. The van der Waals surface area contributed by atoms with Crippen LogP contribution in [-0.2, 0) is 5.88 Å². The molecule has 2 aromatic rings. The smallest absolute Gasteiger partial charge is 0.251 e. The van der Waals surface area contributed by atoms with Gasteiger partial charge in [-0.15, -0.1) is 11.6 Å². The van der Waals surface area contributed by atoms with E-state index in [0.717, 1.165) is 5.56 Å². The van der Waals surface area contributed by atoms with Crippen LogP contribution in [0.2, 0.25) is 0 Å². The second-order valence-electron chi connectivity index (χ2n) is 2.95. The first-order valence-corrected chi connectivity index (χ1v) is 4.89. The lowest BCUT2D eigenvalue weighted by atomic mass is 10.2. The van der Waals surface area contributed by atoms with Gasteiger partial charge in [0.2, 0.25) is 0 Å². The fourth-order valence-electron chi connectivity index (χ4n) is 1.24. The average molecular weight is 222 g/mol. The lowest BCUT2D eigenvalue weighted by molar-refractivity contribution is 1.00. The Labute approximate surface area is 91.0 Å². The van der Waals surface area contributed by atoms with Crippen molar-refractivity contribution in [2.75, 3.05) is 0 Å². The topological polar surface area (TPSA) is 58.6 Å². The fourth-order valence-corrected chi connectivity index (χ4v) is 1.37. The van der Waals surface area contributed by atoms with Crippen molar-refractivity contribution in [3.05, 3.63) is 46.8 Å². The lowest BCUT2D eigenvalue weighted by Crippen LogP contribution is -2.09. The number of hydrogen-bond acceptors (Lipinski definition) is 3. The molecule has 0 aliphatic heterocycles. The second kappa shape index (κ2) is 4.23. The normalized spacial score (nSPS) is 10.2. The average Bonchev–Trinajstić information content (AvgIpc) is 2.29. The predicted octanol–water partition coefficient (Wildman–Crippen LogP) is 1.57. The van der Waals surface area contributed by atoms with Gasteiger partial charge in [0.15, 0.2) is 0 Å². The summed E-state index contributed by atoms with van der Waals surface area (Å²) >= 11 is 5.61. The highest BCUT2D eigenvalue weighted by atomic mass is 35.5. The maximum atomic E-state index is 11.3. The van der Waals surface area contributed by atoms with Crippen LogP contribution >= 0.6 is 11.6 Å². The summed E-state index contributed by atoms with van der Waals surface area (Å²) in [5, 5.41) is 0. The van der Waals surface area contributed by atoms with Gasteiger partial charge in [-0.1, -0.05) is 0 Å². The lowest BCUT2D eigenvalue weighted by Gasteiger charge is -2.01. The molecule has 0 unspecified atom stereocenters. The minimum absolute atomic E-state index is 0.189. The van der Waals surface area contributed by atoms with Crippen molar-refractivity contribution in [3.63, 3.8) is 0 Å². The Balaban J connectivity index is 2.54. The number of alkyl halides is 1. The van der Waals surface area contributed by atoms with Gasteiger partial charge in [0.05, 0.1) is 11.6 Å². The fraction of sp³-hybridized carbons (Fsp3) is 0.100. The summed E-state index contributed by atoms with van der Waals surface area (Å²) in [4.78, 5) is 21.9. The molecule has 0 spiro atoms. The Hall–Kier alpha value is -1.68. The first-order chi connectivity index (χ1) is 7.29. The Kier molecular flexibility index (Phi) is 2.78. The molecule has 0 aliphatic carbocycles. The van der Waals surface area contributed by atoms with E-state index in [9.17, 15) is 4.79 Å². The van der Waals surface area contributed by atoms with Crippen LogP contribution in [0.4, 0.5) is 0 Å². The summed E-state index contributed by atoms with van der Waals surface area (Å²) in [5.41, 5.74) is 1.26. The van der Waals surface area contributed by atoms with Gasteiger partial charge in [-0.05, 0) is 12.1 Å². The van der Waals surface area contributed by atoms with Gasteiger partial charge in [-0.25, -0.2) is 4.98 Å². The summed E-state index contributed by atoms with van der Waals surface area (Å²) in [6, 6.07) is 5.02. The first-order valence-electron chi connectivity index (χ1n) is 4.36. The van der Waals surface area contributed by atoms with Gasteiger partial charge in [0.25, 0.3) is 5.56 Å². The number of nitrogens with one attached hydrogen (secondary N) is 1. The first kappa shape index (κ1) is 9.86. The van der Waals surface area contributed by atoms with Crippen LogP contribution in [0.3, 0.4) is 0 Å². The highest BCUT2D eigenvalue weighted by Gasteiger charge is 2.02. The summed E-state index contributed by atoms with van der Waals surface area (Å²) in [6.07, 6.45) is 3.30. The molecule has 1 N–H and O–H groups in total. The predicted molar refractivity (Wildman–Crippen MR) is 57.6 cm³/mol. The number of hydrogen-bond donors (Lipinski definition) is 1. The number of rotatable bonds is 2. The van der Waals surface area contributed by atoms with E-state index in [0.29, 0.717) is 11.5 Å². The maximum Gasteiger partial charge on any atom is 0.251 e. The van der Waals surface area contributed by atoms with Crippen LogP contribution in [0.15, 0.2) is 35.4 Å². The quantitative estimate of drug-likeness (QED) is 0.784. The molecular weight excluding hydrogens is 214 g/mol. The zero-order chi connectivity index (χ0) is 10.7. The van der Waals surface area contributed by atoms with E-state index in [4.69, 9.17) is 11.6 Å². The van der Waals surface area contributed by atoms with E-state index in [-0.39, 0.29) is 11.4 Å². The number of nitrogens with zero attached hydrogens (tertiary/aromatic N) is 2. The van der Waals surface area contributed by atoms with Crippen molar-refractivity contribution >= 4 is 11.6 Å². The minimum atomic E-state index is -0.201. The highest BCUT2D eigenvalue weighted by Crippen LogP contribution is 2.13. The summed E-state index contributed by atoms with van der Waals surface area (Å²) < 4.78 is 0. The summed E-state index contributed by atoms with van der Waals surface area (Å²) in [5.74, 6) is 0.657. The van der Waals surface area contributed by atoms with Crippen LogP contribution in [0.1, 0.15) is 5.82 Å². The molecule has 76 valence electrons. The third-order valence-electron chi connectivity index (χ3n) is 1.89. The van der Waals surface area contributed by atoms with Gasteiger partial charge in [0.1, 0.15) is 5.82 Å². The van der Waals surface area contributed by atoms with E-state index in [1.54, 1.807) is 24.5 Å². The third kappa shape index (κ3) is 2.22. The van der Waals surface area contributed by atoms with E-state index in [1.807, 2.05) is 0 Å². The molecular formula is C10H8ClN3O. The molecule has 0 atom stereocenters. The molecule has 0 saturated carbocycles. The minimum Gasteiger partial charge on any atom is -0.310 e. The molecule has 0 radical (unpaired) electrons. The monoisotopic (exact) mass is 221 g/mol. The largest absolute Gasteiger partial charge is 0.310 e. The second-order valence-corrected chi connectivity index (χ2v) is 3.21. The summed E-state index contributed by atoms with van der Waals surface area (Å²) in [7, 11) is 0. The Morgan fingerprint density at radius 3 is 2.73 bits per heavy atom. The molecule has 0 aliphatic rings. The van der Waals surface area contributed by atoms with E-state index >= 15 is 0 Å². The standard InChI is InChI=1S/C10H8ClN3O/c11-6-9-13-8(5-10(15)14-9)7-1-3-12-4-2-7/h1-5H,6H2,(H,13,14,15). The molecule has 2 rings (SSSR count). The number of aromatic nitrogens is 3. The SMILES string of the molecule is O=c1cc(-c2ccncc2)nc(CCl)[nH]1. The molecule has 0 bridgehead atoms. The molecule has 0 saturated heterocycles. The van der Waals surface area contributed by atoms with Crippen LogP contribution in [0.5, 0.6) is 0 Å². The van der Waals surface area contributed by atoms with E-state index in [2.05, 4.69) is 15.0 Å². The van der Waals surface area contributed by atoms with Crippen molar-refractivity contribution in [2.45, 2.75) is 5.88 Å². The Morgan fingerprint density at radius 2 is 2.07 bits per heavy atom. The molecule has 0 amide bonds. The number of H-pyrrole nitrogens is 1. The molecule has 4 nitrogen and oxygen atoms in total. The molecule has 15 heavy (non-hydrogen) atoms. The van der Waals surface area contributed by atoms with Gasteiger partial charge in [-0.3, -0.25) is 9.78 Å². The van der Waals surface area contributed by atoms with Crippen LogP contribution in [0.25, 0.3) is 11.3 Å². The van der Waals surface area contributed by atoms with Gasteiger partial charge < -0.3 is 4.98 Å². The van der Waals surface area contributed by atoms with Crippen LogP contribution < -0.4 is 5.56 Å². The zero-order valence-corrected chi connectivity index (χ0v) is 8.53. The highest BCUT2D eigenvalue weighted by molar-refractivity contribution is 6.16. The molecule has 2 heterocycles. The van der Waals surface area contributed by atoms with E-state index in [1.165, 1.54) is 6.07 Å². The van der Waals surface area contributed by atoms with Gasteiger partial charge in [-0.2, -0.15) is 0 Å². The van der Waals surface area contributed by atoms with Crippen molar-refractivity contribution in [3.8, 4) is 11.3 Å². The maximum absolute atomic E-state index is 11.3. The number of halogens is 1. The van der Waals surface area contributed by atoms with Crippen molar-refractivity contribution in [1.82, 2.24) is 15.0 Å². The number of pyridine rings is 1. The number of aromatic amines is 1. The van der Waals surface area contributed by atoms with E-state index < -0.39 is 0 Å². The Bertz CT molecular complexity index is 510. The zero-order valence-electron chi connectivity index (χ0n) is 7.77. The van der Waals surface area contributed by atoms with Gasteiger partial charge >= 0.3 is 0 Å². The Morgan fingerprint density at radius 1 is 1.33 bits per heavy atom. The summed E-state index contributed by atoms with van der Waals surface area (Å²) in [6.45, 7) is 0. The van der Waals surface area contributed by atoms with Crippen molar-refractivity contribution < 1.29 is 0 Å².